The largest absolute Gasteiger partial charge is 0.416 e. The van der Waals surface area contributed by atoms with Crippen molar-refractivity contribution in [2.45, 2.75) is 64.7 Å². The average Bonchev–Trinajstić information content (AvgIpc) is 2.62. The van der Waals surface area contributed by atoms with Crippen LogP contribution in [0.2, 0.25) is 0 Å². The molecule has 0 saturated carbocycles. The van der Waals surface area contributed by atoms with E-state index in [9.17, 15) is 13.2 Å². The second-order valence-electron chi connectivity index (χ2n) is 8.46. The van der Waals surface area contributed by atoms with Crippen LogP contribution < -0.4 is 10.6 Å². The molecule has 28 heavy (non-hydrogen) atoms. The molecule has 0 amide bonds. The Balaban J connectivity index is 2.03. The van der Waals surface area contributed by atoms with Gasteiger partial charge in [-0.25, -0.2) is 0 Å². The second-order valence-corrected chi connectivity index (χ2v) is 8.46. The van der Waals surface area contributed by atoms with Gasteiger partial charge in [-0.1, -0.05) is 39.0 Å². The zero-order valence-electron chi connectivity index (χ0n) is 17.0. The van der Waals surface area contributed by atoms with Crippen molar-refractivity contribution in [1.82, 2.24) is 0 Å². The van der Waals surface area contributed by atoms with Gasteiger partial charge in [0.1, 0.15) is 0 Å². The van der Waals surface area contributed by atoms with E-state index in [4.69, 9.17) is 5.73 Å². The van der Waals surface area contributed by atoms with E-state index < -0.39 is 11.7 Å². The number of halogens is 3. The number of alkyl halides is 3. The first-order valence-electron chi connectivity index (χ1n) is 9.87. The van der Waals surface area contributed by atoms with E-state index in [0.29, 0.717) is 12.1 Å². The Hall–Kier alpha value is -2.01. The van der Waals surface area contributed by atoms with E-state index in [1.807, 2.05) is 6.92 Å². The number of aryl methyl sites for hydroxylation is 1. The fraction of sp³-hybridized carbons (Fsp3) is 0.478. The standard InChI is InChI=1S/C23H29F3N2/c1-5-17-12-20-21(13-19(17)15(2)27)28(10-9-22(20,3)4)14-16-7-6-8-18(11-16)23(24,25)26/h6-8,11-13,15H,5,9-10,14,27H2,1-4H3. The SMILES string of the molecule is CCc1cc2c(cc1C(C)N)N(Cc1cccc(C(F)(F)F)c1)CCC2(C)C. The van der Waals surface area contributed by atoms with Gasteiger partial charge in [0.15, 0.2) is 0 Å². The first-order chi connectivity index (χ1) is 13.0. The molecule has 0 spiro atoms. The van der Waals surface area contributed by atoms with E-state index in [-0.39, 0.29) is 11.5 Å². The lowest BCUT2D eigenvalue weighted by molar-refractivity contribution is -0.137. The van der Waals surface area contributed by atoms with E-state index >= 15 is 0 Å². The van der Waals surface area contributed by atoms with E-state index in [1.54, 1.807) is 6.07 Å². The van der Waals surface area contributed by atoms with Gasteiger partial charge in [0.05, 0.1) is 5.56 Å². The van der Waals surface area contributed by atoms with Gasteiger partial charge in [0.25, 0.3) is 0 Å². The maximum atomic E-state index is 13.1. The number of hydrogen-bond acceptors (Lipinski definition) is 2. The lowest BCUT2D eigenvalue weighted by atomic mass is 9.75. The van der Waals surface area contributed by atoms with Crippen LogP contribution in [0.1, 0.15) is 68.0 Å². The zero-order chi connectivity index (χ0) is 20.7. The van der Waals surface area contributed by atoms with E-state index in [2.05, 4.69) is 37.8 Å². The minimum atomic E-state index is -4.32. The van der Waals surface area contributed by atoms with E-state index in [0.717, 1.165) is 36.7 Å². The van der Waals surface area contributed by atoms with Crippen LogP contribution in [0.4, 0.5) is 18.9 Å². The first kappa shape index (κ1) is 20.7. The molecular weight excluding hydrogens is 361 g/mol. The van der Waals surface area contributed by atoms with Crippen molar-refractivity contribution in [2.24, 2.45) is 5.73 Å². The van der Waals surface area contributed by atoms with Crippen molar-refractivity contribution in [2.75, 3.05) is 11.4 Å². The van der Waals surface area contributed by atoms with Gasteiger partial charge >= 0.3 is 6.18 Å². The van der Waals surface area contributed by atoms with Gasteiger partial charge in [-0.2, -0.15) is 13.2 Å². The third-order valence-corrected chi connectivity index (χ3v) is 5.83. The highest BCUT2D eigenvalue weighted by molar-refractivity contribution is 5.63. The quantitative estimate of drug-likeness (QED) is 0.696. The highest BCUT2D eigenvalue weighted by Gasteiger charge is 2.33. The molecule has 1 aliphatic heterocycles. The summed E-state index contributed by atoms with van der Waals surface area (Å²) in [5.41, 5.74) is 11.0. The Bertz CT molecular complexity index is 853. The predicted molar refractivity (Wildman–Crippen MR) is 109 cm³/mol. The van der Waals surface area contributed by atoms with Gasteiger partial charge < -0.3 is 10.6 Å². The van der Waals surface area contributed by atoms with Gasteiger partial charge in [0, 0.05) is 24.8 Å². The summed E-state index contributed by atoms with van der Waals surface area (Å²) in [5.74, 6) is 0. The van der Waals surface area contributed by atoms with Crippen molar-refractivity contribution in [3.05, 3.63) is 64.2 Å². The Kier molecular flexibility index (Phi) is 5.50. The molecule has 1 unspecified atom stereocenters. The monoisotopic (exact) mass is 390 g/mol. The molecule has 2 aromatic rings. The molecule has 0 fully saturated rings. The lowest BCUT2D eigenvalue weighted by Crippen LogP contribution is -2.37. The molecular formula is C23H29F3N2. The van der Waals surface area contributed by atoms with Gasteiger partial charge in [-0.05, 0) is 65.6 Å². The number of fused-ring (bicyclic) bond motifs is 1. The Morgan fingerprint density at radius 3 is 2.50 bits per heavy atom. The molecule has 0 saturated heterocycles. The number of anilines is 1. The fourth-order valence-corrected chi connectivity index (χ4v) is 4.08. The summed E-state index contributed by atoms with van der Waals surface area (Å²) in [6, 6.07) is 9.97. The molecule has 0 bridgehead atoms. The normalized spacial score (nSPS) is 17.4. The van der Waals surface area contributed by atoms with Crippen LogP contribution in [-0.4, -0.2) is 6.54 Å². The molecule has 1 heterocycles. The van der Waals surface area contributed by atoms with Crippen LogP contribution in [0, 0.1) is 0 Å². The highest BCUT2D eigenvalue weighted by Crippen LogP contribution is 2.42. The topological polar surface area (TPSA) is 29.3 Å². The molecule has 0 aromatic heterocycles. The summed E-state index contributed by atoms with van der Waals surface area (Å²) in [5, 5.41) is 0. The van der Waals surface area contributed by atoms with Gasteiger partial charge in [-0.3, -0.25) is 0 Å². The molecule has 2 aromatic carbocycles. The van der Waals surface area contributed by atoms with Crippen LogP contribution in [-0.2, 0) is 24.6 Å². The number of benzene rings is 2. The van der Waals surface area contributed by atoms with Crippen molar-refractivity contribution in [1.29, 1.82) is 0 Å². The smallest absolute Gasteiger partial charge is 0.367 e. The van der Waals surface area contributed by atoms with Crippen LogP contribution >= 0.6 is 0 Å². The first-order valence-corrected chi connectivity index (χ1v) is 9.87. The number of nitrogens with two attached hydrogens (primary N) is 1. The van der Waals surface area contributed by atoms with Crippen molar-refractivity contribution in [3.63, 3.8) is 0 Å². The third kappa shape index (κ3) is 4.04. The van der Waals surface area contributed by atoms with Crippen molar-refractivity contribution in [3.8, 4) is 0 Å². The molecule has 1 atom stereocenters. The van der Waals surface area contributed by atoms with Crippen LogP contribution in [0.25, 0.3) is 0 Å². The number of rotatable bonds is 4. The van der Waals surface area contributed by atoms with Gasteiger partial charge in [-0.15, -0.1) is 0 Å². The molecule has 152 valence electrons. The number of nitrogens with zero attached hydrogens (tertiary/aromatic N) is 1. The van der Waals surface area contributed by atoms with Crippen molar-refractivity contribution < 1.29 is 13.2 Å². The highest BCUT2D eigenvalue weighted by atomic mass is 19.4. The molecule has 0 radical (unpaired) electrons. The summed E-state index contributed by atoms with van der Waals surface area (Å²) in [6.07, 6.45) is -2.45. The minimum Gasteiger partial charge on any atom is -0.367 e. The third-order valence-electron chi connectivity index (χ3n) is 5.83. The molecule has 3 rings (SSSR count). The minimum absolute atomic E-state index is 0.0277. The lowest BCUT2D eigenvalue weighted by Gasteiger charge is -2.41. The summed E-state index contributed by atoms with van der Waals surface area (Å²) in [6.45, 7) is 9.84. The van der Waals surface area contributed by atoms with Gasteiger partial charge in [0.2, 0.25) is 0 Å². The summed E-state index contributed by atoms with van der Waals surface area (Å²) < 4.78 is 39.3. The zero-order valence-corrected chi connectivity index (χ0v) is 17.0. The predicted octanol–water partition coefficient (Wildman–Crippen LogP) is 5.98. The average molecular weight is 390 g/mol. The molecule has 2 nitrogen and oxygen atoms in total. The van der Waals surface area contributed by atoms with Crippen LogP contribution in [0.5, 0.6) is 0 Å². The maximum absolute atomic E-state index is 13.1. The fourth-order valence-electron chi connectivity index (χ4n) is 4.08. The Morgan fingerprint density at radius 1 is 1.18 bits per heavy atom. The molecule has 5 heteroatoms. The molecule has 0 aliphatic carbocycles. The summed E-state index contributed by atoms with van der Waals surface area (Å²) in [7, 11) is 0. The molecule has 1 aliphatic rings. The van der Waals surface area contributed by atoms with Crippen LogP contribution in [0.3, 0.4) is 0 Å². The maximum Gasteiger partial charge on any atom is 0.416 e. The summed E-state index contributed by atoms with van der Waals surface area (Å²) in [4.78, 5) is 2.20. The van der Waals surface area contributed by atoms with E-state index in [1.165, 1.54) is 23.3 Å². The molecule has 2 N–H and O–H groups in total. The Labute approximate surface area is 165 Å². The summed E-state index contributed by atoms with van der Waals surface area (Å²) >= 11 is 0. The number of hydrogen-bond donors (Lipinski definition) is 1. The Morgan fingerprint density at radius 2 is 1.89 bits per heavy atom. The van der Waals surface area contributed by atoms with Crippen molar-refractivity contribution >= 4 is 5.69 Å². The van der Waals surface area contributed by atoms with Crippen LogP contribution in [0.15, 0.2) is 36.4 Å². The second kappa shape index (κ2) is 7.43.